The molecule has 3 aromatic rings. The molecule has 0 aliphatic carbocycles. The molecule has 1 fully saturated rings. The molecular formula is C24H18Cl2N2O5. The average molecular weight is 485 g/mol. The Bertz CT molecular complexity index is 1310. The van der Waals surface area contributed by atoms with Crippen LogP contribution in [0.1, 0.15) is 28.6 Å². The number of aryl methyl sites for hydroxylation is 1. The number of hydrazine groups is 1. The highest BCUT2D eigenvalue weighted by molar-refractivity contribution is 6.34. The first-order valence-electron chi connectivity index (χ1n) is 9.98. The summed E-state index contributed by atoms with van der Waals surface area (Å²) in [4.78, 5) is 37.4. The molecule has 1 aliphatic rings. The van der Waals surface area contributed by atoms with Crippen molar-refractivity contribution < 1.29 is 23.5 Å². The van der Waals surface area contributed by atoms with Gasteiger partial charge in [-0.2, -0.15) is 0 Å². The number of furan rings is 1. The van der Waals surface area contributed by atoms with Gasteiger partial charge in [-0.15, -0.1) is 0 Å². The summed E-state index contributed by atoms with van der Waals surface area (Å²) in [5.41, 5.74) is 4.53. The molecule has 2 heterocycles. The fourth-order valence-corrected chi connectivity index (χ4v) is 3.60. The maximum atomic E-state index is 12.8. The molecule has 2 amide bonds. The Balaban J connectivity index is 1.60. The van der Waals surface area contributed by atoms with Crippen LogP contribution < -0.4 is 10.4 Å². The summed E-state index contributed by atoms with van der Waals surface area (Å²) in [5.74, 6) is -0.917. The van der Waals surface area contributed by atoms with Crippen LogP contribution in [0.15, 0.2) is 58.5 Å². The fourth-order valence-electron chi connectivity index (χ4n) is 3.23. The zero-order valence-electron chi connectivity index (χ0n) is 17.6. The van der Waals surface area contributed by atoms with E-state index >= 15 is 0 Å². The maximum Gasteiger partial charge on any atom is 0.339 e. The number of amides is 2. The highest BCUT2D eigenvalue weighted by atomic mass is 35.5. The van der Waals surface area contributed by atoms with Gasteiger partial charge in [0.05, 0.1) is 22.9 Å². The molecule has 0 saturated carbocycles. The molecule has 33 heavy (non-hydrogen) atoms. The number of carbonyl (C=O) groups excluding carboxylic acids is 3. The Morgan fingerprint density at radius 2 is 1.88 bits per heavy atom. The van der Waals surface area contributed by atoms with Gasteiger partial charge in [-0.25, -0.2) is 9.80 Å². The highest BCUT2D eigenvalue weighted by Crippen LogP contribution is 2.30. The predicted octanol–water partition coefficient (Wildman–Crippen LogP) is 5.20. The van der Waals surface area contributed by atoms with Crippen LogP contribution in [0.3, 0.4) is 0 Å². The molecular weight excluding hydrogens is 467 g/mol. The van der Waals surface area contributed by atoms with Gasteiger partial charge in [0.15, 0.2) is 0 Å². The number of anilines is 1. The first-order valence-corrected chi connectivity index (χ1v) is 10.7. The zero-order valence-corrected chi connectivity index (χ0v) is 19.2. The van der Waals surface area contributed by atoms with Crippen LogP contribution in [-0.4, -0.2) is 24.4 Å². The van der Waals surface area contributed by atoms with Gasteiger partial charge in [0, 0.05) is 10.6 Å². The Hall–Kier alpha value is -3.55. The normalized spacial score (nSPS) is 14.7. The third-order valence-electron chi connectivity index (χ3n) is 4.96. The highest BCUT2D eigenvalue weighted by Gasteiger charge is 2.35. The maximum absolute atomic E-state index is 12.8. The summed E-state index contributed by atoms with van der Waals surface area (Å²) >= 11 is 12.3. The van der Waals surface area contributed by atoms with Crippen molar-refractivity contribution in [3.8, 4) is 11.3 Å². The Morgan fingerprint density at radius 1 is 1.09 bits per heavy atom. The van der Waals surface area contributed by atoms with E-state index in [-0.39, 0.29) is 22.8 Å². The van der Waals surface area contributed by atoms with E-state index in [1.807, 2.05) is 6.92 Å². The summed E-state index contributed by atoms with van der Waals surface area (Å²) in [7, 11) is 0. The minimum Gasteiger partial charge on any atom is -0.462 e. The molecule has 0 atom stereocenters. The molecule has 1 aromatic heterocycles. The molecule has 2 aromatic carbocycles. The second kappa shape index (κ2) is 9.13. The van der Waals surface area contributed by atoms with E-state index < -0.39 is 17.8 Å². The first kappa shape index (κ1) is 22.6. The van der Waals surface area contributed by atoms with Crippen LogP contribution in [0.4, 0.5) is 5.69 Å². The minimum atomic E-state index is -0.564. The molecule has 1 aliphatic heterocycles. The second-order valence-electron chi connectivity index (χ2n) is 7.19. The Labute approximate surface area is 199 Å². The molecule has 0 spiro atoms. The van der Waals surface area contributed by atoms with Crippen molar-refractivity contribution >= 4 is 52.7 Å². The molecule has 4 rings (SSSR count). The summed E-state index contributed by atoms with van der Waals surface area (Å²) in [6, 6.07) is 13.2. The minimum absolute atomic E-state index is 0.0871. The van der Waals surface area contributed by atoms with Crippen molar-refractivity contribution in [1.29, 1.82) is 0 Å². The van der Waals surface area contributed by atoms with Crippen LogP contribution >= 0.6 is 23.2 Å². The number of nitrogens with one attached hydrogen (secondary N) is 1. The summed E-state index contributed by atoms with van der Waals surface area (Å²) in [6.07, 6.45) is 1.36. The van der Waals surface area contributed by atoms with Crippen molar-refractivity contribution in [2.45, 2.75) is 13.8 Å². The Morgan fingerprint density at radius 3 is 2.61 bits per heavy atom. The third-order valence-corrected chi connectivity index (χ3v) is 5.70. The third kappa shape index (κ3) is 4.51. The summed E-state index contributed by atoms with van der Waals surface area (Å²) < 4.78 is 10.8. The number of hydrogen-bond donors (Lipinski definition) is 1. The van der Waals surface area contributed by atoms with Gasteiger partial charge in [-0.3, -0.25) is 15.0 Å². The number of ether oxygens (including phenoxy) is 1. The van der Waals surface area contributed by atoms with E-state index in [0.29, 0.717) is 27.8 Å². The number of benzene rings is 2. The lowest BCUT2D eigenvalue weighted by Crippen LogP contribution is -2.35. The van der Waals surface area contributed by atoms with Crippen molar-refractivity contribution in [2.24, 2.45) is 0 Å². The molecule has 7 nitrogen and oxygen atoms in total. The van der Waals surface area contributed by atoms with Crippen molar-refractivity contribution in [2.75, 3.05) is 11.6 Å². The van der Waals surface area contributed by atoms with E-state index in [9.17, 15) is 14.4 Å². The molecule has 0 bridgehead atoms. The van der Waals surface area contributed by atoms with E-state index in [4.69, 9.17) is 32.4 Å². The van der Waals surface area contributed by atoms with Crippen LogP contribution in [0.2, 0.25) is 10.0 Å². The monoisotopic (exact) mass is 484 g/mol. The zero-order chi connectivity index (χ0) is 23.7. The molecule has 1 N–H and O–H groups in total. The molecule has 9 heteroatoms. The van der Waals surface area contributed by atoms with E-state index in [1.165, 1.54) is 6.08 Å². The molecule has 168 valence electrons. The molecule has 0 radical (unpaired) electrons. The van der Waals surface area contributed by atoms with Crippen LogP contribution in [0.5, 0.6) is 0 Å². The fraction of sp³-hybridized carbons (Fsp3) is 0.125. The first-order chi connectivity index (χ1) is 15.8. The summed E-state index contributed by atoms with van der Waals surface area (Å²) in [5, 5.41) is 1.87. The van der Waals surface area contributed by atoms with E-state index in [2.05, 4.69) is 5.43 Å². The molecule has 0 unspecified atom stereocenters. The smallest absolute Gasteiger partial charge is 0.339 e. The topological polar surface area (TPSA) is 88.9 Å². The standard InChI is InChI=1S/C24H18Cl2N2O5/c1-3-32-24(31)17-10-14(5-8-19(17)25)21-9-7-16(33-21)12-18-22(29)27-28(23(18)30)15-6-4-13(2)20(26)11-15/h4-12H,3H2,1-2H3,(H,27,29). The average Bonchev–Trinajstić information content (AvgIpc) is 3.36. The summed E-state index contributed by atoms with van der Waals surface area (Å²) in [6.45, 7) is 3.77. The largest absolute Gasteiger partial charge is 0.462 e. The predicted molar refractivity (Wildman–Crippen MR) is 125 cm³/mol. The van der Waals surface area contributed by atoms with Gasteiger partial charge in [0.25, 0.3) is 11.8 Å². The van der Waals surface area contributed by atoms with Gasteiger partial charge in [0.2, 0.25) is 0 Å². The van der Waals surface area contributed by atoms with Gasteiger partial charge < -0.3 is 9.15 Å². The lowest BCUT2D eigenvalue weighted by molar-refractivity contribution is -0.117. The van der Waals surface area contributed by atoms with E-state index in [1.54, 1.807) is 55.5 Å². The van der Waals surface area contributed by atoms with Gasteiger partial charge in [0.1, 0.15) is 17.1 Å². The SMILES string of the molecule is CCOC(=O)c1cc(-c2ccc(C=C3C(=O)NN(c4ccc(C)c(Cl)c4)C3=O)o2)ccc1Cl. The quantitative estimate of drug-likeness (QED) is 0.305. The van der Waals surface area contributed by atoms with Crippen LogP contribution in [-0.2, 0) is 14.3 Å². The number of nitrogens with zero attached hydrogens (tertiary/aromatic N) is 1. The molecule has 1 saturated heterocycles. The lowest BCUT2D eigenvalue weighted by atomic mass is 10.1. The van der Waals surface area contributed by atoms with E-state index in [0.717, 1.165) is 10.6 Å². The lowest BCUT2D eigenvalue weighted by Gasteiger charge is -2.15. The van der Waals surface area contributed by atoms with Crippen LogP contribution in [0, 0.1) is 6.92 Å². The van der Waals surface area contributed by atoms with Gasteiger partial charge in [-0.05, 0) is 68.0 Å². The number of halogens is 2. The Kier molecular flexibility index (Phi) is 6.26. The van der Waals surface area contributed by atoms with Gasteiger partial charge >= 0.3 is 5.97 Å². The van der Waals surface area contributed by atoms with Crippen LogP contribution in [0.25, 0.3) is 17.4 Å². The van der Waals surface area contributed by atoms with Crippen molar-refractivity contribution in [3.05, 3.63) is 81.0 Å². The number of rotatable bonds is 5. The number of carbonyl (C=O) groups is 3. The van der Waals surface area contributed by atoms with Crippen molar-refractivity contribution in [3.63, 3.8) is 0 Å². The van der Waals surface area contributed by atoms with Gasteiger partial charge in [-0.1, -0.05) is 29.3 Å². The number of esters is 1. The number of hydrogen-bond acceptors (Lipinski definition) is 5. The second-order valence-corrected chi connectivity index (χ2v) is 8.00. The van der Waals surface area contributed by atoms with Crippen molar-refractivity contribution in [1.82, 2.24) is 5.43 Å².